The highest BCUT2D eigenvalue weighted by atomic mass is 79.9. The average Bonchev–Trinajstić information content (AvgIpc) is 3.03. The number of nitrogens with zero attached hydrogens (tertiary/aromatic N) is 2. The quantitative estimate of drug-likeness (QED) is 0.601. The van der Waals surface area contributed by atoms with E-state index in [1.807, 2.05) is 19.1 Å². The second-order valence-corrected chi connectivity index (χ2v) is 8.72. The second-order valence-electron chi connectivity index (χ2n) is 6.48. The number of nitrogens with one attached hydrogen (secondary N) is 2. The van der Waals surface area contributed by atoms with Crippen molar-refractivity contribution in [2.24, 2.45) is 0 Å². The number of halogens is 1. The van der Waals surface area contributed by atoms with E-state index in [0.29, 0.717) is 10.8 Å². The summed E-state index contributed by atoms with van der Waals surface area (Å²) in [6, 6.07) is 10.4. The predicted octanol–water partition coefficient (Wildman–Crippen LogP) is 4.39. The Balaban J connectivity index is 1.45. The molecule has 1 aliphatic rings. The number of hydrogen-bond acceptors (Lipinski definition) is 4. The van der Waals surface area contributed by atoms with Crippen molar-refractivity contribution in [3.05, 3.63) is 52.1 Å². The standard InChI is InChI=1S/C19H19BrN4OS/c1-11(26-19-23-16-9-13(20)10-21-17(16)24-19)18(25)22-15-8-4-6-12-5-2-3-7-14(12)15/h2-3,5,7,9-11,15H,4,6,8H2,1H3,(H,22,25)(H,21,23,24)/t11-,15-/m0/s1. The van der Waals surface area contributed by atoms with Crippen molar-refractivity contribution in [3.8, 4) is 0 Å². The van der Waals surface area contributed by atoms with Crippen LogP contribution in [0.4, 0.5) is 0 Å². The molecule has 0 unspecified atom stereocenters. The molecule has 2 N–H and O–H groups in total. The number of carbonyl (C=O) groups excluding carboxylic acids is 1. The van der Waals surface area contributed by atoms with Crippen molar-refractivity contribution in [1.82, 2.24) is 20.3 Å². The number of carbonyl (C=O) groups is 1. The lowest BCUT2D eigenvalue weighted by Gasteiger charge is -2.27. The van der Waals surface area contributed by atoms with Gasteiger partial charge in [-0.05, 0) is 59.3 Å². The van der Waals surface area contributed by atoms with Crippen molar-refractivity contribution in [2.45, 2.75) is 42.6 Å². The molecule has 1 amide bonds. The lowest BCUT2D eigenvalue weighted by Crippen LogP contribution is -2.35. The van der Waals surface area contributed by atoms with Crippen LogP contribution in [0.5, 0.6) is 0 Å². The van der Waals surface area contributed by atoms with Crippen molar-refractivity contribution >= 4 is 44.8 Å². The number of aryl methyl sites for hydroxylation is 1. The first-order valence-electron chi connectivity index (χ1n) is 8.66. The Kier molecular flexibility index (Phi) is 5.00. The molecule has 2 atom stereocenters. The molecule has 2 heterocycles. The molecule has 0 radical (unpaired) electrons. The third-order valence-electron chi connectivity index (χ3n) is 4.63. The van der Waals surface area contributed by atoms with Crippen molar-refractivity contribution < 1.29 is 4.79 Å². The summed E-state index contributed by atoms with van der Waals surface area (Å²) in [6.07, 6.45) is 4.90. The minimum atomic E-state index is -0.243. The Labute approximate surface area is 164 Å². The van der Waals surface area contributed by atoms with Crippen LogP contribution < -0.4 is 5.32 Å². The summed E-state index contributed by atoms with van der Waals surface area (Å²) in [5, 5.41) is 3.68. The summed E-state index contributed by atoms with van der Waals surface area (Å²) >= 11 is 4.82. The number of hydrogen-bond donors (Lipinski definition) is 2. The van der Waals surface area contributed by atoms with Crippen molar-refractivity contribution in [1.29, 1.82) is 0 Å². The minimum absolute atomic E-state index is 0.0336. The summed E-state index contributed by atoms with van der Waals surface area (Å²) in [7, 11) is 0. The van der Waals surface area contributed by atoms with Gasteiger partial charge in [-0.25, -0.2) is 9.97 Å². The molecule has 5 nitrogen and oxygen atoms in total. The molecule has 2 aromatic heterocycles. The Morgan fingerprint density at radius 3 is 3.15 bits per heavy atom. The number of rotatable bonds is 4. The van der Waals surface area contributed by atoms with Crippen LogP contribution in [0.15, 0.2) is 46.2 Å². The zero-order valence-electron chi connectivity index (χ0n) is 14.3. The number of benzene rings is 1. The van der Waals surface area contributed by atoms with E-state index < -0.39 is 0 Å². The summed E-state index contributed by atoms with van der Waals surface area (Å²) < 4.78 is 0.895. The zero-order chi connectivity index (χ0) is 18.1. The topological polar surface area (TPSA) is 70.7 Å². The Bertz CT molecular complexity index is 958. The lowest BCUT2D eigenvalue weighted by atomic mass is 9.88. The van der Waals surface area contributed by atoms with E-state index in [4.69, 9.17) is 0 Å². The van der Waals surface area contributed by atoms with Crippen LogP contribution in [0.1, 0.15) is 36.9 Å². The number of pyridine rings is 1. The molecule has 7 heteroatoms. The van der Waals surface area contributed by atoms with E-state index in [0.717, 1.165) is 29.3 Å². The van der Waals surface area contributed by atoms with Crippen LogP contribution in [-0.2, 0) is 11.2 Å². The van der Waals surface area contributed by atoms with Crippen LogP contribution >= 0.6 is 27.7 Å². The van der Waals surface area contributed by atoms with Gasteiger partial charge < -0.3 is 10.3 Å². The van der Waals surface area contributed by atoms with E-state index in [2.05, 4.69) is 54.4 Å². The number of aromatic amines is 1. The van der Waals surface area contributed by atoms with E-state index in [1.165, 1.54) is 22.9 Å². The maximum atomic E-state index is 12.7. The number of imidazole rings is 1. The summed E-state index contributed by atoms with van der Waals surface area (Å²) in [5.41, 5.74) is 4.11. The fourth-order valence-electron chi connectivity index (χ4n) is 3.32. The molecule has 0 saturated heterocycles. The zero-order valence-corrected chi connectivity index (χ0v) is 16.7. The molecular weight excluding hydrogens is 412 g/mol. The van der Waals surface area contributed by atoms with Crippen LogP contribution in [0.3, 0.4) is 0 Å². The maximum Gasteiger partial charge on any atom is 0.233 e. The normalized spacial score (nSPS) is 17.7. The average molecular weight is 431 g/mol. The Morgan fingerprint density at radius 1 is 1.42 bits per heavy atom. The van der Waals surface area contributed by atoms with Gasteiger partial charge in [-0.3, -0.25) is 4.79 Å². The molecule has 0 fully saturated rings. The van der Waals surface area contributed by atoms with Crippen molar-refractivity contribution in [2.75, 3.05) is 0 Å². The number of H-pyrrole nitrogens is 1. The lowest BCUT2D eigenvalue weighted by molar-refractivity contribution is -0.121. The van der Waals surface area contributed by atoms with Crippen LogP contribution in [0.25, 0.3) is 11.2 Å². The summed E-state index contributed by atoms with van der Waals surface area (Å²) in [4.78, 5) is 24.6. The van der Waals surface area contributed by atoms with Gasteiger partial charge in [-0.1, -0.05) is 36.0 Å². The van der Waals surface area contributed by atoms with E-state index in [-0.39, 0.29) is 17.2 Å². The van der Waals surface area contributed by atoms with Crippen LogP contribution in [0, 0.1) is 0 Å². The molecule has 134 valence electrons. The second kappa shape index (κ2) is 7.40. The van der Waals surface area contributed by atoms with E-state index >= 15 is 0 Å². The molecule has 1 aromatic carbocycles. The largest absolute Gasteiger partial charge is 0.348 e. The molecule has 0 bridgehead atoms. The van der Waals surface area contributed by atoms with E-state index in [1.54, 1.807) is 6.20 Å². The molecule has 0 saturated carbocycles. The third kappa shape index (κ3) is 3.64. The van der Waals surface area contributed by atoms with Gasteiger partial charge in [0.1, 0.15) is 0 Å². The minimum Gasteiger partial charge on any atom is -0.348 e. The van der Waals surface area contributed by atoms with Crippen LogP contribution in [0.2, 0.25) is 0 Å². The first kappa shape index (κ1) is 17.5. The predicted molar refractivity (Wildman–Crippen MR) is 107 cm³/mol. The number of thioether (sulfide) groups is 1. The molecule has 0 aliphatic heterocycles. The van der Waals surface area contributed by atoms with Gasteiger partial charge in [-0.15, -0.1) is 0 Å². The van der Waals surface area contributed by atoms with Gasteiger partial charge in [-0.2, -0.15) is 0 Å². The van der Waals surface area contributed by atoms with Crippen LogP contribution in [-0.4, -0.2) is 26.1 Å². The Hall–Kier alpha value is -1.86. The number of aromatic nitrogens is 3. The first-order chi connectivity index (χ1) is 12.6. The smallest absolute Gasteiger partial charge is 0.233 e. The first-order valence-corrected chi connectivity index (χ1v) is 10.3. The number of fused-ring (bicyclic) bond motifs is 2. The maximum absolute atomic E-state index is 12.7. The molecule has 0 spiro atoms. The molecule has 26 heavy (non-hydrogen) atoms. The fourth-order valence-corrected chi connectivity index (χ4v) is 4.47. The SMILES string of the molecule is C[C@H](Sc1nc2ncc(Br)cc2[nH]1)C(=O)N[C@H]1CCCc2ccccc21. The van der Waals surface area contributed by atoms with Gasteiger partial charge in [0.15, 0.2) is 10.8 Å². The third-order valence-corrected chi connectivity index (χ3v) is 6.04. The molecule has 4 rings (SSSR count). The summed E-state index contributed by atoms with van der Waals surface area (Å²) in [5.74, 6) is 0.0336. The van der Waals surface area contributed by atoms with E-state index in [9.17, 15) is 4.79 Å². The molecular formula is C19H19BrN4OS. The molecule has 3 aromatic rings. The highest BCUT2D eigenvalue weighted by Crippen LogP contribution is 2.30. The monoisotopic (exact) mass is 430 g/mol. The Morgan fingerprint density at radius 2 is 2.27 bits per heavy atom. The van der Waals surface area contributed by atoms with Gasteiger partial charge in [0, 0.05) is 10.7 Å². The molecule has 1 aliphatic carbocycles. The van der Waals surface area contributed by atoms with Gasteiger partial charge in [0.2, 0.25) is 5.91 Å². The van der Waals surface area contributed by atoms with Gasteiger partial charge in [0.05, 0.1) is 16.8 Å². The highest BCUT2D eigenvalue weighted by molar-refractivity contribution is 9.10. The highest BCUT2D eigenvalue weighted by Gasteiger charge is 2.24. The number of amides is 1. The van der Waals surface area contributed by atoms with Gasteiger partial charge >= 0.3 is 0 Å². The van der Waals surface area contributed by atoms with Gasteiger partial charge in [0.25, 0.3) is 0 Å². The van der Waals surface area contributed by atoms with Crippen molar-refractivity contribution in [3.63, 3.8) is 0 Å². The summed E-state index contributed by atoms with van der Waals surface area (Å²) in [6.45, 7) is 1.91. The fraction of sp³-hybridized carbons (Fsp3) is 0.316.